The van der Waals surface area contributed by atoms with Crippen LogP contribution in [-0.4, -0.2) is 18.8 Å². The second-order valence-electron chi connectivity index (χ2n) is 2.67. The fraction of sp³-hybridized carbons (Fsp3) is 0.857. The van der Waals surface area contributed by atoms with Crippen LogP contribution in [0.15, 0.2) is 0 Å². The lowest BCUT2D eigenvalue weighted by molar-refractivity contribution is 0.0116. The molecule has 2 atom stereocenters. The van der Waals surface area contributed by atoms with E-state index in [1.165, 1.54) is 6.42 Å². The van der Waals surface area contributed by atoms with Crippen LogP contribution in [0.25, 0.3) is 0 Å². The third-order valence-electron chi connectivity index (χ3n) is 1.97. The number of fused-ring (bicyclic) bond motifs is 4. The standard InChI is InChI=1S/C7H11O2/c1-2-7-5-9-6(1)3-4-8-7/h5-7H,1-4H2. The SMILES string of the molecule is [CH]1OC2CCOC1CC2. The predicted octanol–water partition coefficient (Wildman–Crippen LogP) is 1.12. The first-order valence-corrected chi connectivity index (χ1v) is 3.55. The zero-order valence-corrected chi connectivity index (χ0v) is 5.38. The van der Waals surface area contributed by atoms with Crippen LogP contribution in [0.4, 0.5) is 0 Å². The molecule has 0 aromatic carbocycles. The highest BCUT2D eigenvalue weighted by molar-refractivity contribution is 4.81. The number of ether oxygens (including phenoxy) is 2. The fourth-order valence-corrected chi connectivity index (χ4v) is 1.37. The Labute approximate surface area is 55.1 Å². The van der Waals surface area contributed by atoms with Crippen LogP contribution in [0.1, 0.15) is 19.3 Å². The molecule has 3 rings (SSSR count). The smallest absolute Gasteiger partial charge is 0.113 e. The topological polar surface area (TPSA) is 18.5 Å². The molecule has 9 heavy (non-hydrogen) atoms. The third kappa shape index (κ3) is 1.10. The van der Waals surface area contributed by atoms with Gasteiger partial charge in [-0.3, -0.25) is 0 Å². The molecular weight excluding hydrogens is 116 g/mol. The van der Waals surface area contributed by atoms with E-state index in [1.807, 2.05) is 6.61 Å². The summed E-state index contributed by atoms with van der Waals surface area (Å²) in [5, 5.41) is 0. The maximum absolute atomic E-state index is 5.41. The molecule has 2 bridgehead atoms. The Balaban J connectivity index is 2.03. The Kier molecular flexibility index (Phi) is 1.44. The minimum absolute atomic E-state index is 0.295. The Morgan fingerprint density at radius 2 is 2.22 bits per heavy atom. The summed E-state index contributed by atoms with van der Waals surface area (Å²) in [5.41, 5.74) is 0. The molecule has 1 radical (unpaired) electrons. The molecule has 3 fully saturated rings. The van der Waals surface area contributed by atoms with Crippen molar-refractivity contribution in [2.24, 2.45) is 0 Å². The maximum atomic E-state index is 5.41. The van der Waals surface area contributed by atoms with E-state index in [9.17, 15) is 0 Å². The van der Waals surface area contributed by atoms with Crippen molar-refractivity contribution in [3.8, 4) is 0 Å². The van der Waals surface area contributed by atoms with Crippen LogP contribution in [0.3, 0.4) is 0 Å². The zero-order valence-electron chi connectivity index (χ0n) is 5.38. The second-order valence-corrected chi connectivity index (χ2v) is 2.67. The summed E-state index contributed by atoms with van der Waals surface area (Å²) in [6, 6.07) is 0. The van der Waals surface area contributed by atoms with Crippen molar-refractivity contribution in [3.63, 3.8) is 0 Å². The normalized spacial score (nSPS) is 42.7. The van der Waals surface area contributed by atoms with Crippen LogP contribution < -0.4 is 0 Å². The number of rotatable bonds is 0. The van der Waals surface area contributed by atoms with Gasteiger partial charge in [-0.2, -0.15) is 0 Å². The Morgan fingerprint density at radius 1 is 1.22 bits per heavy atom. The van der Waals surface area contributed by atoms with Gasteiger partial charge in [-0.05, 0) is 19.3 Å². The highest BCUT2D eigenvalue weighted by atomic mass is 16.5. The van der Waals surface area contributed by atoms with Gasteiger partial charge in [0.2, 0.25) is 0 Å². The average molecular weight is 127 g/mol. The number of hydrogen-bond donors (Lipinski definition) is 0. The molecule has 3 aliphatic rings. The first-order chi connectivity index (χ1) is 4.45. The van der Waals surface area contributed by atoms with Crippen LogP contribution >= 0.6 is 0 Å². The molecule has 2 nitrogen and oxygen atoms in total. The van der Waals surface area contributed by atoms with Gasteiger partial charge in [-0.15, -0.1) is 0 Å². The van der Waals surface area contributed by atoms with Crippen molar-refractivity contribution in [3.05, 3.63) is 6.61 Å². The van der Waals surface area contributed by atoms with Gasteiger partial charge in [0.05, 0.1) is 12.2 Å². The van der Waals surface area contributed by atoms with Crippen LogP contribution in [0.2, 0.25) is 0 Å². The van der Waals surface area contributed by atoms with Crippen molar-refractivity contribution in [2.45, 2.75) is 31.5 Å². The minimum Gasteiger partial charge on any atom is -0.375 e. The average Bonchev–Trinajstić information content (AvgIpc) is 2.21. The van der Waals surface area contributed by atoms with Gasteiger partial charge in [0.15, 0.2) is 0 Å². The Bertz CT molecular complexity index is 77.6. The maximum Gasteiger partial charge on any atom is 0.113 e. The molecular formula is C7H11O2. The minimum atomic E-state index is 0.295. The Morgan fingerprint density at radius 3 is 3.00 bits per heavy atom. The molecule has 0 aromatic heterocycles. The van der Waals surface area contributed by atoms with E-state index >= 15 is 0 Å². The zero-order chi connectivity index (χ0) is 6.10. The first-order valence-electron chi connectivity index (χ1n) is 3.55. The monoisotopic (exact) mass is 127 g/mol. The van der Waals surface area contributed by atoms with Gasteiger partial charge in [-0.1, -0.05) is 0 Å². The Hall–Kier alpha value is -0.0800. The van der Waals surface area contributed by atoms with Gasteiger partial charge >= 0.3 is 0 Å². The van der Waals surface area contributed by atoms with E-state index in [-0.39, 0.29) is 0 Å². The predicted molar refractivity (Wildman–Crippen MR) is 32.8 cm³/mol. The summed E-state index contributed by atoms with van der Waals surface area (Å²) in [4.78, 5) is 0. The fourth-order valence-electron chi connectivity index (χ4n) is 1.37. The van der Waals surface area contributed by atoms with Gasteiger partial charge in [0, 0.05) is 6.61 Å². The lowest BCUT2D eigenvalue weighted by Gasteiger charge is -2.21. The van der Waals surface area contributed by atoms with Gasteiger partial charge in [0.25, 0.3) is 0 Å². The molecule has 2 heteroatoms. The lowest BCUT2D eigenvalue weighted by Crippen LogP contribution is -2.21. The van der Waals surface area contributed by atoms with Crippen molar-refractivity contribution in [1.29, 1.82) is 0 Å². The molecule has 0 spiro atoms. The van der Waals surface area contributed by atoms with E-state index < -0.39 is 0 Å². The molecule has 3 aliphatic heterocycles. The van der Waals surface area contributed by atoms with Crippen molar-refractivity contribution >= 4 is 0 Å². The van der Waals surface area contributed by atoms with Crippen LogP contribution in [-0.2, 0) is 9.47 Å². The summed E-state index contributed by atoms with van der Waals surface area (Å²) in [6.45, 7) is 2.73. The summed E-state index contributed by atoms with van der Waals surface area (Å²) in [5.74, 6) is 0. The highest BCUT2D eigenvalue weighted by Crippen LogP contribution is 2.25. The van der Waals surface area contributed by atoms with E-state index in [2.05, 4.69) is 0 Å². The van der Waals surface area contributed by atoms with Crippen LogP contribution in [0.5, 0.6) is 0 Å². The van der Waals surface area contributed by atoms with Crippen LogP contribution in [0, 0.1) is 6.61 Å². The summed E-state index contributed by atoms with van der Waals surface area (Å²) < 4.78 is 10.8. The summed E-state index contributed by atoms with van der Waals surface area (Å²) >= 11 is 0. The van der Waals surface area contributed by atoms with E-state index in [4.69, 9.17) is 9.47 Å². The quantitative estimate of drug-likeness (QED) is 0.485. The van der Waals surface area contributed by atoms with Gasteiger partial charge in [0.1, 0.15) is 6.61 Å². The molecule has 0 N–H and O–H groups in total. The first kappa shape index (κ1) is 5.69. The van der Waals surface area contributed by atoms with Crippen molar-refractivity contribution in [1.82, 2.24) is 0 Å². The van der Waals surface area contributed by atoms with Crippen molar-refractivity contribution < 1.29 is 9.47 Å². The molecule has 0 aliphatic carbocycles. The molecule has 0 aromatic rings. The molecule has 3 saturated heterocycles. The van der Waals surface area contributed by atoms with Crippen molar-refractivity contribution in [2.75, 3.05) is 6.61 Å². The molecule has 0 saturated carbocycles. The van der Waals surface area contributed by atoms with Gasteiger partial charge < -0.3 is 9.47 Å². The third-order valence-corrected chi connectivity index (χ3v) is 1.97. The lowest BCUT2D eigenvalue weighted by atomic mass is 10.1. The second kappa shape index (κ2) is 2.27. The summed E-state index contributed by atoms with van der Waals surface area (Å²) in [7, 11) is 0. The molecule has 0 amide bonds. The largest absolute Gasteiger partial charge is 0.375 e. The number of hydrogen-bond acceptors (Lipinski definition) is 2. The highest BCUT2D eigenvalue weighted by Gasteiger charge is 2.26. The van der Waals surface area contributed by atoms with E-state index in [1.54, 1.807) is 0 Å². The molecule has 2 unspecified atom stereocenters. The molecule has 51 valence electrons. The molecule has 3 heterocycles. The van der Waals surface area contributed by atoms with E-state index in [0.717, 1.165) is 19.4 Å². The van der Waals surface area contributed by atoms with Gasteiger partial charge in [-0.25, -0.2) is 0 Å². The summed E-state index contributed by atoms with van der Waals surface area (Å²) in [6.07, 6.45) is 4.17. The van der Waals surface area contributed by atoms with E-state index in [0.29, 0.717) is 12.2 Å².